The molecule has 6 N–H and O–H groups in total. The van der Waals surface area contributed by atoms with Crippen LogP contribution in [0.25, 0.3) is 0 Å². The SMILES string of the molecule is C=C(CC)C(=O)O.CCNCC.CCNCC.CCNCC.O=S(=O)(O)O. The second-order valence-corrected chi connectivity index (χ2v) is 5.48. The summed E-state index contributed by atoms with van der Waals surface area (Å²) in [6, 6.07) is 0. The van der Waals surface area contributed by atoms with Crippen molar-refractivity contribution in [1.82, 2.24) is 16.0 Å². The van der Waals surface area contributed by atoms with E-state index in [0.717, 1.165) is 39.3 Å². The highest BCUT2D eigenvalue weighted by atomic mass is 32.3. The maximum absolute atomic E-state index is 9.83. The zero-order valence-electron chi connectivity index (χ0n) is 18.1. The molecule has 0 bridgehead atoms. The Labute approximate surface area is 166 Å². The Morgan fingerprint density at radius 3 is 0.926 bits per heavy atom. The molecule has 0 radical (unpaired) electrons. The molecule has 0 aromatic carbocycles. The third kappa shape index (κ3) is 110. The van der Waals surface area contributed by atoms with E-state index in [2.05, 4.69) is 64.1 Å². The molecule has 0 saturated carbocycles. The van der Waals surface area contributed by atoms with Crippen molar-refractivity contribution < 1.29 is 27.4 Å². The molecule has 0 atom stereocenters. The molecule has 0 aliphatic carbocycles. The molecule has 0 aromatic rings. The number of carboxylic acid groups (broad SMARTS) is 1. The molecule has 0 amide bonds. The summed E-state index contributed by atoms with van der Waals surface area (Å²) in [5.74, 6) is -0.900. The van der Waals surface area contributed by atoms with E-state index in [0.29, 0.717) is 6.42 Å². The molecule has 0 aliphatic heterocycles. The molecule has 9 nitrogen and oxygen atoms in total. The van der Waals surface area contributed by atoms with E-state index in [1.165, 1.54) is 0 Å². The number of rotatable bonds is 8. The van der Waals surface area contributed by atoms with Gasteiger partial charge in [-0.3, -0.25) is 9.11 Å². The minimum atomic E-state index is -4.67. The first kappa shape index (κ1) is 36.8. The summed E-state index contributed by atoms with van der Waals surface area (Å²) in [7, 11) is -4.67. The fourth-order valence-electron chi connectivity index (χ4n) is 0.901. The fourth-order valence-corrected chi connectivity index (χ4v) is 0.901. The number of hydrogen-bond acceptors (Lipinski definition) is 6. The van der Waals surface area contributed by atoms with Gasteiger partial charge >= 0.3 is 16.4 Å². The monoisotopic (exact) mass is 417 g/mol. The van der Waals surface area contributed by atoms with Gasteiger partial charge in [0.05, 0.1) is 0 Å². The van der Waals surface area contributed by atoms with E-state index < -0.39 is 16.4 Å². The van der Waals surface area contributed by atoms with Crippen molar-refractivity contribution in [2.45, 2.75) is 54.9 Å². The molecule has 0 rings (SSSR count). The molecule has 27 heavy (non-hydrogen) atoms. The van der Waals surface area contributed by atoms with Gasteiger partial charge in [-0.15, -0.1) is 0 Å². The molecular formula is C17H43N3O6S. The molecule has 168 valence electrons. The first-order valence-electron chi connectivity index (χ1n) is 9.15. The van der Waals surface area contributed by atoms with E-state index in [1.54, 1.807) is 6.92 Å². The predicted octanol–water partition coefficient (Wildman–Crippen LogP) is 2.23. The molecule has 0 aromatic heterocycles. The maximum Gasteiger partial charge on any atom is 0.394 e. The third-order valence-electron chi connectivity index (χ3n) is 2.23. The van der Waals surface area contributed by atoms with Crippen molar-refractivity contribution in [3.05, 3.63) is 12.2 Å². The standard InChI is InChI=1S/C5H8O2.3C4H11N.H2O4S/c1-3-4(2)5(6)7;3*1-3-5-4-2;1-5(2,3)4/h2-3H2,1H3,(H,6,7);3*5H,3-4H2,1-2H3;(H2,1,2,3,4). The van der Waals surface area contributed by atoms with E-state index in [1.807, 2.05) is 0 Å². The Morgan fingerprint density at radius 2 is 0.926 bits per heavy atom. The molecule has 10 heteroatoms. The van der Waals surface area contributed by atoms with Gasteiger partial charge in [-0.25, -0.2) is 4.79 Å². The number of hydrogen-bond donors (Lipinski definition) is 6. The molecule has 0 aliphatic rings. The topological polar surface area (TPSA) is 148 Å². The van der Waals surface area contributed by atoms with Crippen LogP contribution in [0.5, 0.6) is 0 Å². The summed E-state index contributed by atoms with van der Waals surface area (Å²) in [5, 5.41) is 17.4. The summed E-state index contributed by atoms with van der Waals surface area (Å²) in [6.07, 6.45) is 0.523. The van der Waals surface area contributed by atoms with Crippen molar-refractivity contribution in [1.29, 1.82) is 0 Å². The lowest BCUT2D eigenvalue weighted by Crippen LogP contribution is -2.09. The number of aliphatic carboxylic acids is 1. The summed E-state index contributed by atoms with van der Waals surface area (Å²) < 4.78 is 31.6. The van der Waals surface area contributed by atoms with Crippen molar-refractivity contribution >= 4 is 16.4 Å². The van der Waals surface area contributed by atoms with Crippen molar-refractivity contribution in [3.8, 4) is 0 Å². The van der Waals surface area contributed by atoms with Gasteiger partial charge in [0, 0.05) is 5.57 Å². The average Bonchev–Trinajstić information content (AvgIpc) is 2.56. The highest BCUT2D eigenvalue weighted by Gasteiger charge is 1.96. The summed E-state index contributed by atoms with van der Waals surface area (Å²) >= 11 is 0. The highest BCUT2D eigenvalue weighted by Crippen LogP contribution is 1.93. The zero-order valence-corrected chi connectivity index (χ0v) is 18.9. The van der Waals surface area contributed by atoms with Crippen LogP contribution in [0.15, 0.2) is 12.2 Å². The normalized spacial score (nSPS) is 8.93. The maximum atomic E-state index is 9.83. The van der Waals surface area contributed by atoms with Crippen molar-refractivity contribution in [2.75, 3.05) is 39.3 Å². The van der Waals surface area contributed by atoms with Crippen LogP contribution in [0.2, 0.25) is 0 Å². The highest BCUT2D eigenvalue weighted by molar-refractivity contribution is 7.79. The first-order valence-corrected chi connectivity index (χ1v) is 10.6. The van der Waals surface area contributed by atoms with Crippen molar-refractivity contribution in [3.63, 3.8) is 0 Å². The summed E-state index contributed by atoms with van der Waals surface area (Å²) in [5.41, 5.74) is 0.264. The van der Waals surface area contributed by atoms with Gasteiger partial charge in [-0.1, -0.05) is 55.0 Å². The van der Waals surface area contributed by atoms with Crippen LogP contribution >= 0.6 is 0 Å². The smallest absolute Gasteiger partial charge is 0.394 e. The fraction of sp³-hybridized carbons (Fsp3) is 0.824. The van der Waals surface area contributed by atoms with Crippen LogP contribution in [0.1, 0.15) is 54.9 Å². The Bertz CT molecular complexity index is 362. The Morgan fingerprint density at radius 1 is 0.741 bits per heavy atom. The molecule has 0 saturated heterocycles. The van der Waals surface area contributed by atoms with E-state index in [4.69, 9.17) is 22.6 Å². The van der Waals surface area contributed by atoms with E-state index >= 15 is 0 Å². The van der Waals surface area contributed by atoms with Crippen LogP contribution in [0.4, 0.5) is 0 Å². The third-order valence-corrected chi connectivity index (χ3v) is 2.23. The van der Waals surface area contributed by atoms with Gasteiger partial charge in [-0.05, 0) is 45.7 Å². The second-order valence-electron chi connectivity index (χ2n) is 4.58. The molecule has 0 spiro atoms. The van der Waals surface area contributed by atoms with Gasteiger partial charge in [0.1, 0.15) is 0 Å². The van der Waals surface area contributed by atoms with Gasteiger partial charge in [-0.2, -0.15) is 8.42 Å². The minimum absolute atomic E-state index is 0.264. The average molecular weight is 418 g/mol. The zero-order chi connectivity index (χ0) is 22.7. The summed E-state index contributed by atoms with van der Waals surface area (Å²) in [4.78, 5) is 9.83. The molecule has 0 unspecified atom stereocenters. The van der Waals surface area contributed by atoms with Gasteiger partial charge in [0.2, 0.25) is 0 Å². The molecule has 0 fully saturated rings. The Balaban J connectivity index is -0.0000000753. The lowest BCUT2D eigenvalue weighted by Gasteiger charge is -1.87. The van der Waals surface area contributed by atoms with Gasteiger partial charge in [0.25, 0.3) is 0 Å². The largest absolute Gasteiger partial charge is 0.478 e. The second kappa shape index (κ2) is 32.6. The van der Waals surface area contributed by atoms with Gasteiger partial charge < -0.3 is 21.1 Å². The summed E-state index contributed by atoms with van der Waals surface area (Å²) in [6.45, 7) is 24.2. The molecular weight excluding hydrogens is 374 g/mol. The van der Waals surface area contributed by atoms with E-state index in [9.17, 15) is 4.79 Å². The van der Waals surface area contributed by atoms with Gasteiger partial charge in [0.15, 0.2) is 0 Å². The number of carboxylic acids is 1. The van der Waals surface area contributed by atoms with Crippen LogP contribution in [-0.4, -0.2) is 67.9 Å². The lowest BCUT2D eigenvalue weighted by atomic mass is 10.2. The number of carbonyl (C=O) groups is 1. The first-order chi connectivity index (χ1) is 12.4. The van der Waals surface area contributed by atoms with Crippen LogP contribution < -0.4 is 16.0 Å². The van der Waals surface area contributed by atoms with E-state index in [-0.39, 0.29) is 5.57 Å². The van der Waals surface area contributed by atoms with Crippen LogP contribution in [0.3, 0.4) is 0 Å². The Hall–Kier alpha value is -1.04. The molecule has 0 heterocycles. The lowest BCUT2D eigenvalue weighted by molar-refractivity contribution is -0.132. The van der Waals surface area contributed by atoms with Crippen molar-refractivity contribution in [2.24, 2.45) is 0 Å². The predicted molar refractivity (Wildman–Crippen MR) is 114 cm³/mol. The quantitative estimate of drug-likeness (QED) is 0.258. The minimum Gasteiger partial charge on any atom is -0.478 e. The number of nitrogens with one attached hydrogen (secondary N) is 3. The van der Waals surface area contributed by atoms with Crippen LogP contribution in [0, 0.1) is 0 Å². The Kier molecular flexibility index (Phi) is 44.5. The van der Waals surface area contributed by atoms with Crippen LogP contribution in [-0.2, 0) is 15.2 Å².